The maximum Gasteiger partial charge on any atom is 0.363 e. The van der Waals surface area contributed by atoms with Gasteiger partial charge in [0.2, 0.25) is 5.90 Å². The van der Waals surface area contributed by atoms with Crippen LogP contribution >= 0.6 is 15.9 Å². The molecule has 0 spiro atoms. The van der Waals surface area contributed by atoms with Crippen LogP contribution in [0.2, 0.25) is 0 Å². The fraction of sp³-hybridized carbons (Fsp3) is 0.143. The lowest BCUT2D eigenvalue weighted by molar-refractivity contribution is -0.134. The summed E-state index contributed by atoms with van der Waals surface area (Å²) in [5.74, 6) is -1.37. The van der Waals surface area contributed by atoms with E-state index in [1.165, 1.54) is 32.1 Å². The van der Waals surface area contributed by atoms with Crippen LogP contribution in [0.15, 0.2) is 51.6 Å². The number of esters is 3. The largest absolute Gasteiger partial charge is 0.423 e. The van der Waals surface area contributed by atoms with Crippen molar-refractivity contribution < 1.29 is 28.6 Å². The number of nitrogens with zero attached hydrogens (tertiary/aromatic N) is 1. The van der Waals surface area contributed by atoms with E-state index >= 15 is 0 Å². The van der Waals surface area contributed by atoms with E-state index in [1.54, 1.807) is 12.1 Å². The maximum absolute atomic E-state index is 12.2. The third-order valence-corrected chi connectivity index (χ3v) is 4.69. The van der Waals surface area contributed by atoms with E-state index in [0.29, 0.717) is 11.1 Å². The number of hydrogen-bond donors (Lipinski definition) is 0. The highest BCUT2D eigenvalue weighted by Crippen LogP contribution is 2.30. The lowest BCUT2D eigenvalue weighted by atomic mass is 10.1. The quantitative estimate of drug-likeness (QED) is 0.392. The standard InChI is InChI=1S/C21H16BrNO6/c1-11-8-15(5-6-16(11)22)20-23-17(21(26)29-20)9-14-4-7-18(27-12(2)24)19(10-14)28-13(3)25/h4-10H,1-3H3/b17-9-. The Morgan fingerprint density at radius 1 is 1.03 bits per heavy atom. The molecule has 0 atom stereocenters. The summed E-state index contributed by atoms with van der Waals surface area (Å²) in [4.78, 5) is 39.0. The third-order valence-electron chi connectivity index (χ3n) is 3.80. The zero-order valence-electron chi connectivity index (χ0n) is 15.8. The van der Waals surface area contributed by atoms with Gasteiger partial charge in [0.25, 0.3) is 0 Å². The molecule has 0 bridgehead atoms. The molecule has 2 aromatic carbocycles. The molecular formula is C21H16BrNO6. The zero-order valence-corrected chi connectivity index (χ0v) is 17.4. The van der Waals surface area contributed by atoms with E-state index in [-0.39, 0.29) is 23.1 Å². The molecule has 0 aliphatic carbocycles. The van der Waals surface area contributed by atoms with E-state index in [0.717, 1.165) is 10.0 Å². The highest BCUT2D eigenvalue weighted by molar-refractivity contribution is 9.10. The number of rotatable bonds is 4. The number of cyclic esters (lactones) is 1. The maximum atomic E-state index is 12.2. The summed E-state index contributed by atoms with van der Waals surface area (Å²) in [6, 6.07) is 10.0. The fourth-order valence-corrected chi connectivity index (χ4v) is 2.80. The number of ether oxygens (including phenoxy) is 3. The Hall–Kier alpha value is -3.26. The molecule has 148 valence electrons. The Kier molecular flexibility index (Phi) is 5.93. The Balaban J connectivity index is 1.94. The summed E-state index contributed by atoms with van der Waals surface area (Å²) in [6.45, 7) is 4.39. The normalized spacial score (nSPS) is 14.4. The summed E-state index contributed by atoms with van der Waals surface area (Å²) >= 11 is 3.42. The Labute approximate surface area is 175 Å². The zero-order chi connectivity index (χ0) is 21.1. The number of hydrogen-bond acceptors (Lipinski definition) is 7. The van der Waals surface area contributed by atoms with Crippen LogP contribution in [0.4, 0.5) is 0 Å². The van der Waals surface area contributed by atoms with Gasteiger partial charge in [0, 0.05) is 23.9 Å². The van der Waals surface area contributed by atoms with Gasteiger partial charge < -0.3 is 14.2 Å². The van der Waals surface area contributed by atoms with Gasteiger partial charge in [0.1, 0.15) is 0 Å². The number of carbonyl (C=O) groups excluding carboxylic acids is 3. The number of carbonyl (C=O) groups is 3. The predicted octanol–water partition coefficient (Wildman–Crippen LogP) is 3.95. The second kappa shape index (κ2) is 8.40. The summed E-state index contributed by atoms with van der Waals surface area (Å²) in [7, 11) is 0. The Morgan fingerprint density at radius 3 is 2.38 bits per heavy atom. The SMILES string of the molecule is CC(=O)Oc1ccc(/C=C2\N=C(c3ccc(Br)c(C)c3)OC2=O)cc1OC(C)=O. The average molecular weight is 458 g/mol. The molecule has 29 heavy (non-hydrogen) atoms. The molecule has 1 aliphatic heterocycles. The van der Waals surface area contributed by atoms with Gasteiger partial charge in [-0.3, -0.25) is 9.59 Å². The van der Waals surface area contributed by atoms with Crippen molar-refractivity contribution >= 4 is 45.8 Å². The number of halogens is 1. The topological polar surface area (TPSA) is 91.3 Å². The fourth-order valence-electron chi connectivity index (χ4n) is 2.56. The van der Waals surface area contributed by atoms with E-state index in [9.17, 15) is 14.4 Å². The van der Waals surface area contributed by atoms with E-state index in [1.807, 2.05) is 19.1 Å². The van der Waals surface area contributed by atoms with Gasteiger partial charge in [-0.1, -0.05) is 22.0 Å². The number of benzene rings is 2. The molecule has 0 fully saturated rings. The first-order chi connectivity index (χ1) is 13.7. The summed E-state index contributed by atoms with van der Waals surface area (Å²) < 4.78 is 16.3. The van der Waals surface area contributed by atoms with Gasteiger partial charge in [-0.15, -0.1) is 0 Å². The van der Waals surface area contributed by atoms with Crippen molar-refractivity contribution in [2.45, 2.75) is 20.8 Å². The van der Waals surface area contributed by atoms with E-state index in [4.69, 9.17) is 14.2 Å². The van der Waals surface area contributed by atoms with Crippen molar-refractivity contribution in [1.29, 1.82) is 0 Å². The molecule has 0 N–H and O–H groups in total. The van der Waals surface area contributed by atoms with Gasteiger partial charge in [0.15, 0.2) is 17.2 Å². The van der Waals surface area contributed by atoms with Crippen LogP contribution in [0, 0.1) is 6.92 Å². The van der Waals surface area contributed by atoms with Gasteiger partial charge in [0.05, 0.1) is 0 Å². The predicted molar refractivity (Wildman–Crippen MR) is 109 cm³/mol. The average Bonchev–Trinajstić information content (AvgIpc) is 2.99. The molecule has 0 unspecified atom stereocenters. The molecule has 7 nitrogen and oxygen atoms in total. The van der Waals surface area contributed by atoms with Crippen LogP contribution in [0.5, 0.6) is 11.5 Å². The molecule has 1 heterocycles. The van der Waals surface area contributed by atoms with Gasteiger partial charge in [-0.05, 0) is 54.5 Å². The highest BCUT2D eigenvalue weighted by atomic mass is 79.9. The van der Waals surface area contributed by atoms with Crippen LogP contribution in [-0.4, -0.2) is 23.8 Å². The smallest absolute Gasteiger partial charge is 0.363 e. The second-order valence-electron chi connectivity index (χ2n) is 6.19. The van der Waals surface area contributed by atoms with Crippen LogP contribution in [-0.2, 0) is 19.1 Å². The van der Waals surface area contributed by atoms with Gasteiger partial charge >= 0.3 is 17.9 Å². The molecule has 3 rings (SSSR count). The van der Waals surface area contributed by atoms with Crippen molar-refractivity contribution in [2.24, 2.45) is 4.99 Å². The lowest BCUT2D eigenvalue weighted by Gasteiger charge is -2.09. The highest BCUT2D eigenvalue weighted by Gasteiger charge is 2.24. The first-order valence-corrected chi connectivity index (χ1v) is 9.32. The summed E-state index contributed by atoms with van der Waals surface area (Å²) in [5, 5.41) is 0. The minimum atomic E-state index is -0.598. The molecule has 0 saturated heterocycles. The van der Waals surface area contributed by atoms with Gasteiger partial charge in [-0.2, -0.15) is 0 Å². The molecule has 0 radical (unpaired) electrons. The van der Waals surface area contributed by atoms with Crippen molar-refractivity contribution in [3.63, 3.8) is 0 Å². The summed E-state index contributed by atoms with van der Waals surface area (Å²) in [5.41, 5.74) is 2.26. The Bertz CT molecular complexity index is 1090. The monoisotopic (exact) mass is 457 g/mol. The van der Waals surface area contributed by atoms with Crippen LogP contribution < -0.4 is 9.47 Å². The molecule has 0 amide bonds. The van der Waals surface area contributed by atoms with E-state index in [2.05, 4.69) is 20.9 Å². The minimum absolute atomic E-state index is 0.0566. The first-order valence-electron chi connectivity index (χ1n) is 8.53. The molecule has 0 saturated carbocycles. The van der Waals surface area contributed by atoms with Crippen LogP contribution in [0.1, 0.15) is 30.5 Å². The molecule has 0 aromatic heterocycles. The molecule has 8 heteroatoms. The van der Waals surface area contributed by atoms with Crippen molar-refractivity contribution in [3.8, 4) is 11.5 Å². The van der Waals surface area contributed by atoms with Crippen LogP contribution in [0.3, 0.4) is 0 Å². The number of aryl methyl sites for hydroxylation is 1. The van der Waals surface area contributed by atoms with Gasteiger partial charge in [-0.25, -0.2) is 9.79 Å². The van der Waals surface area contributed by atoms with Crippen LogP contribution in [0.25, 0.3) is 6.08 Å². The minimum Gasteiger partial charge on any atom is -0.423 e. The Morgan fingerprint density at radius 2 is 1.72 bits per heavy atom. The molecule has 2 aromatic rings. The van der Waals surface area contributed by atoms with E-state index < -0.39 is 17.9 Å². The third kappa shape index (κ3) is 4.97. The summed E-state index contributed by atoms with van der Waals surface area (Å²) in [6.07, 6.45) is 1.49. The second-order valence-corrected chi connectivity index (χ2v) is 7.05. The number of aliphatic imine (C=N–C) groups is 1. The van der Waals surface area contributed by atoms with Crippen molar-refractivity contribution in [1.82, 2.24) is 0 Å². The van der Waals surface area contributed by atoms with Crippen molar-refractivity contribution in [3.05, 3.63) is 63.3 Å². The van der Waals surface area contributed by atoms with Crippen molar-refractivity contribution in [2.75, 3.05) is 0 Å². The molecular weight excluding hydrogens is 442 g/mol. The molecule has 1 aliphatic rings. The first kappa shape index (κ1) is 20.5. The lowest BCUT2D eigenvalue weighted by Crippen LogP contribution is -2.07.